The Bertz CT molecular complexity index is 418. The first-order valence-electron chi connectivity index (χ1n) is 6.00. The summed E-state index contributed by atoms with van der Waals surface area (Å²) < 4.78 is 0. The first kappa shape index (κ1) is 12.0. The Morgan fingerprint density at radius 2 is 2.29 bits per heavy atom. The Morgan fingerprint density at radius 3 is 2.88 bits per heavy atom. The first-order valence-corrected chi connectivity index (χ1v) is 6.00. The number of aliphatic hydroxyl groups excluding tert-OH is 1. The quantitative estimate of drug-likeness (QED) is 0.863. The predicted molar refractivity (Wildman–Crippen MR) is 65.9 cm³/mol. The van der Waals surface area contributed by atoms with Gasteiger partial charge in [-0.05, 0) is 18.1 Å². The van der Waals surface area contributed by atoms with E-state index < -0.39 is 0 Å². The zero-order valence-electron chi connectivity index (χ0n) is 10.3. The number of nitrogens with zero attached hydrogens (tertiary/aromatic N) is 2. The lowest BCUT2D eigenvalue weighted by molar-refractivity contribution is -0.117. The van der Waals surface area contributed by atoms with Crippen molar-refractivity contribution in [1.82, 2.24) is 4.98 Å². The maximum absolute atomic E-state index is 11.8. The van der Waals surface area contributed by atoms with E-state index in [4.69, 9.17) is 5.11 Å². The summed E-state index contributed by atoms with van der Waals surface area (Å²) in [4.78, 5) is 18.0. The fraction of sp³-hybridized carbons (Fsp3) is 0.538. The van der Waals surface area contributed by atoms with Gasteiger partial charge in [0.1, 0.15) is 5.82 Å². The van der Waals surface area contributed by atoms with Crippen molar-refractivity contribution in [3.05, 3.63) is 23.9 Å². The van der Waals surface area contributed by atoms with Gasteiger partial charge in [-0.25, -0.2) is 4.98 Å². The topological polar surface area (TPSA) is 53.4 Å². The molecular weight excluding hydrogens is 216 g/mol. The van der Waals surface area contributed by atoms with Crippen molar-refractivity contribution < 1.29 is 9.90 Å². The molecule has 0 bridgehead atoms. The second-order valence-electron chi connectivity index (χ2n) is 4.83. The van der Waals surface area contributed by atoms with Crippen LogP contribution >= 0.6 is 0 Å². The summed E-state index contributed by atoms with van der Waals surface area (Å²) in [6, 6.07) is 5.75. The summed E-state index contributed by atoms with van der Waals surface area (Å²) in [5, 5.41) is 9.09. The number of carbonyl (C=O) groups is 1. The van der Waals surface area contributed by atoms with E-state index in [1.165, 1.54) is 0 Å². The average molecular weight is 234 g/mol. The fourth-order valence-electron chi connectivity index (χ4n) is 2.04. The van der Waals surface area contributed by atoms with Crippen LogP contribution in [0.3, 0.4) is 0 Å². The summed E-state index contributed by atoms with van der Waals surface area (Å²) in [6.45, 7) is 4.79. The molecule has 2 heterocycles. The van der Waals surface area contributed by atoms with E-state index in [9.17, 15) is 4.79 Å². The minimum atomic E-state index is 0.0482. The molecule has 1 atom stereocenters. The second-order valence-corrected chi connectivity index (χ2v) is 4.83. The summed E-state index contributed by atoms with van der Waals surface area (Å²) in [7, 11) is 0. The third-order valence-corrected chi connectivity index (χ3v) is 3.09. The number of aliphatic hydroxyl groups is 1. The highest BCUT2D eigenvalue weighted by Crippen LogP contribution is 2.24. The number of amides is 1. The molecule has 1 N–H and O–H groups in total. The number of hydrogen-bond donors (Lipinski definition) is 1. The van der Waals surface area contributed by atoms with Crippen LogP contribution in [0.1, 0.15) is 31.9 Å². The zero-order valence-corrected chi connectivity index (χ0v) is 10.3. The van der Waals surface area contributed by atoms with Crippen LogP contribution in [0.25, 0.3) is 0 Å². The maximum atomic E-state index is 11.8. The van der Waals surface area contributed by atoms with Crippen molar-refractivity contribution in [2.45, 2.75) is 26.2 Å². The molecule has 1 amide bonds. The zero-order chi connectivity index (χ0) is 12.4. The number of anilines is 1. The fourth-order valence-corrected chi connectivity index (χ4v) is 2.04. The molecule has 4 heteroatoms. The van der Waals surface area contributed by atoms with Gasteiger partial charge in [-0.2, -0.15) is 0 Å². The standard InChI is InChI=1S/C13H18N2O2/c1-9(2)11-4-3-5-12(14-11)15-7-10(8-16)6-13(15)17/h3-5,9-10,16H,6-8H2,1-2H3. The lowest BCUT2D eigenvalue weighted by atomic mass is 10.1. The Morgan fingerprint density at radius 1 is 1.53 bits per heavy atom. The van der Waals surface area contributed by atoms with Crippen LogP contribution in [0, 0.1) is 5.92 Å². The molecule has 1 aromatic heterocycles. The molecular formula is C13H18N2O2. The number of carbonyl (C=O) groups excluding carboxylic acids is 1. The van der Waals surface area contributed by atoms with Gasteiger partial charge in [0.2, 0.25) is 5.91 Å². The molecule has 1 aliphatic heterocycles. The van der Waals surface area contributed by atoms with E-state index in [1.807, 2.05) is 18.2 Å². The normalized spacial score (nSPS) is 20.4. The largest absolute Gasteiger partial charge is 0.396 e. The Labute approximate surface area is 101 Å². The Hall–Kier alpha value is -1.42. The highest BCUT2D eigenvalue weighted by atomic mass is 16.3. The predicted octanol–water partition coefficient (Wildman–Crippen LogP) is 1.55. The smallest absolute Gasteiger partial charge is 0.228 e. The van der Waals surface area contributed by atoms with Crippen molar-refractivity contribution in [1.29, 1.82) is 0 Å². The highest BCUT2D eigenvalue weighted by molar-refractivity contribution is 5.94. The van der Waals surface area contributed by atoms with Crippen molar-refractivity contribution >= 4 is 11.7 Å². The third kappa shape index (κ3) is 2.47. The molecule has 1 saturated heterocycles. The lowest BCUT2D eigenvalue weighted by Crippen LogP contribution is -2.26. The number of rotatable bonds is 3. The summed E-state index contributed by atoms with van der Waals surface area (Å²) in [6.07, 6.45) is 0.421. The van der Waals surface area contributed by atoms with Crippen LogP contribution in [-0.2, 0) is 4.79 Å². The van der Waals surface area contributed by atoms with Gasteiger partial charge in [0, 0.05) is 31.2 Å². The number of aromatic nitrogens is 1. The van der Waals surface area contributed by atoms with Crippen LogP contribution in [0.4, 0.5) is 5.82 Å². The van der Waals surface area contributed by atoms with E-state index in [0.717, 1.165) is 5.69 Å². The average Bonchev–Trinajstić information content (AvgIpc) is 2.71. The minimum absolute atomic E-state index is 0.0482. The van der Waals surface area contributed by atoms with Gasteiger partial charge in [-0.15, -0.1) is 0 Å². The molecule has 1 fully saturated rings. The van der Waals surface area contributed by atoms with Gasteiger partial charge < -0.3 is 5.11 Å². The van der Waals surface area contributed by atoms with Crippen LogP contribution in [-0.4, -0.2) is 29.1 Å². The molecule has 0 spiro atoms. The van der Waals surface area contributed by atoms with Crippen molar-refractivity contribution in [2.24, 2.45) is 5.92 Å². The lowest BCUT2D eigenvalue weighted by Gasteiger charge is -2.16. The van der Waals surface area contributed by atoms with Gasteiger partial charge in [-0.1, -0.05) is 19.9 Å². The number of hydrogen-bond acceptors (Lipinski definition) is 3. The molecule has 1 aromatic rings. The van der Waals surface area contributed by atoms with Crippen molar-refractivity contribution in [3.8, 4) is 0 Å². The van der Waals surface area contributed by atoms with Crippen LogP contribution in [0.15, 0.2) is 18.2 Å². The SMILES string of the molecule is CC(C)c1cccc(N2CC(CO)CC2=O)n1. The van der Waals surface area contributed by atoms with E-state index in [1.54, 1.807) is 4.90 Å². The second kappa shape index (κ2) is 4.84. The van der Waals surface area contributed by atoms with Crippen molar-refractivity contribution in [2.75, 3.05) is 18.1 Å². The Balaban J connectivity index is 2.22. The molecule has 17 heavy (non-hydrogen) atoms. The van der Waals surface area contributed by atoms with Crippen LogP contribution in [0.5, 0.6) is 0 Å². The molecule has 2 rings (SSSR count). The molecule has 1 aliphatic rings. The molecule has 0 radical (unpaired) electrons. The summed E-state index contributed by atoms with van der Waals surface area (Å²) in [5.41, 5.74) is 0.989. The van der Waals surface area contributed by atoms with Crippen LogP contribution in [0.2, 0.25) is 0 Å². The maximum Gasteiger partial charge on any atom is 0.228 e. The van der Waals surface area contributed by atoms with Gasteiger partial charge >= 0.3 is 0 Å². The van der Waals surface area contributed by atoms with Gasteiger partial charge in [0.05, 0.1) is 0 Å². The van der Waals surface area contributed by atoms with E-state index >= 15 is 0 Å². The van der Waals surface area contributed by atoms with E-state index in [0.29, 0.717) is 24.7 Å². The van der Waals surface area contributed by atoms with Gasteiger partial charge in [0.25, 0.3) is 0 Å². The van der Waals surface area contributed by atoms with E-state index in [-0.39, 0.29) is 18.4 Å². The molecule has 0 aliphatic carbocycles. The number of pyridine rings is 1. The van der Waals surface area contributed by atoms with Crippen LogP contribution < -0.4 is 4.90 Å². The summed E-state index contributed by atoms with van der Waals surface area (Å²) >= 11 is 0. The molecule has 4 nitrogen and oxygen atoms in total. The van der Waals surface area contributed by atoms with Gasteiger partial charge in [-0.3, -0.25) is 9.69 Å². The minimum Gasteiger partial charge on any atom is -0.396 e. The third-order valence-electron chi connectivity index (χ3n) is 3.09. The van der Waals surface area contributed by atoms with Crippen molar-refractivity contribution in [3.63, 3.8) is 0 Å². The monoisotopic (exact) mass is 234 g/mol. The summed E-state index contributed by atoms with van der Waals surface area (Å²) in [5.74, 6) is 1.16. The van der Waals surface area contributed by atoms with Gasteiger partial charge in [0.15, 0.2) is 0 Å². The molecule has 0 aromatic carbocycles. The Kier molecular flexibility index (Phi) is 3.43. The highest BCUT2D eigenvalue weighted by Gasteiger charge is 2.30. The molecule has 92 valence electrons. The first-order chi connectivity index (χ1) is 8.11. The molecule has 1 unspecified atom stereocenters. The molecule has 0 saturated carbocycles. The van der Waals surface area contributed by atoms with E-state index in [2.05, 4.69) is 18.8 Å².